The van der Waals surface area contributed by atoms with E-state index in [0.717, 1.165) is 24.2 Å². The third-order valence-electron chi connectivity index (χ3n) is 5.63. The number of carbonyl (C=O) groups excluding carboxylic acids is 1. The van der Waals surface area contributed by atoms with E-state index in [0.29, 0.717) is 19.1 Å². The molecule has 30 heavy (non-hydrogen) atoms. The summed E-state index contributed by atoms with van der Waals surface area (Å²) in [5.41, 5.74) is 0.944. The number of nitrogens with zero attached hydrogens (tertiary/aromatic N) is 1. The average molecular weight is 420 g/mol. The van der Waals surface area contributed by atoms with Crippen molar-refractivity contribution in [1.82, 2.24) is 4.90 Å². The van der Waals surface area contributed by atoms with Gasteiger partial charge in [-0.1, -0.05) is 49.6 Å². The van der Waals surface area contributed by atoms with E-state index in [9.17, 15) is 4.79 Å². The van der Waals surface area contributed by atoms with Gasteiger partial charge in [0.2, 0.25) is 0 Å². The molecule has 6 nitrogen and oxygen atoms in total. The standard InChI is InChI=1S/C24H37NO5/c1-5-12-22(30-18-27-3)23(19-13-8-7-9-14-19)25(24(26)29-6-2)17-20-15-10-11-16-21(20)28-4/h5,10-12,15-16,19,22-23H,6-9,13-14,17-18H2,1-4H3/b12-5+/t22-,23-/m0/s1. The molecule has 168 valence electrons. The molecular formula is C24H37NO5. The summed E-state index contributed by atoms with van der Waals surface area (Å²) in [6, 6.07) is 7.64. The van der Waals surface area contributed by atoms with Crippen molar-refractivity contribution in [3.63, 3.8) is 0 Å². The number of allylic oxidation sites excluding steroid dienone is 1. The fourth-order valence-electron chi connectivity index (χ4n) is 4.30. The molecule has 0 unspecified atom stereocenters. The zero-order valence-electron chi connectivity index (χ0n) is 18.8. The summed E-state index contributed by atoms with van der Waals surface area (Å²) in [6.45, 7) is 4.69. The van der Waals surface area contributed by atoms with Gasteiger partial charge in [-0.05, 0) is 38.7 Å². The number of hydrogen-bond donors (Lipinski definition) is 0. The zero-order chi connectivity index (χ0) is 21.8. The summed E-state index contributed by atoms with van der Waals surface area (Å²) < 4.78 is 22.3. The molecule has 0 saturated heterocycles. The van der Waals surface area contributed by atoms with Crippen molar-refractivity contribution in [2.45, 2.75) is 64.6 Å². The van der Waals surface area contributed by atoms with Gasteiger partial charge in [-0.15, -0.1) is 0 Å². The minimum atomic E-state index is -0.325. The van der Waals surface area contributed by atoms with Gasteiger partial charge in [0, 0.05) is 12.7 Å². The first-order valence-electron chi connectivity index (χ1n) is 10.9. The summed E-state index contributed by atoms with van der Waals surface area (Å²) in [5.74, 6) is 1.09. The van der Waals surface area contributed by atoms with Gasteiger partial charge in [-0.2, -0.15) is 0 Å². The molecule has 2 atom stereocenters. The number of rotatable bonds is 11. The minimum Gasteiger partial charge on any atom is -0.496 e. The molecule has 1 amide bonds. The van der Waals surface area contributed by atoms with Crippen LogP contribution in [0.5, 0.6) is 5.75 Å². The summed E-state index contributed by atoms with van der Waals surface area (Å²) in [6.07, 6.45) is 9.09. The van der Waals surface area contributed by atoms with Crippen LogP contribution in [-0.4, -0.2) is 50.8 Å². The van der Waals surface area contributed by atoms with Gasteiger partial charge in [0.25, 0.3) is 0 Å². The van der Waals surface area contributed by atoms with Crippen LogP contribution in [0.1, 0.15) is 51.5 Å². The van der Waals surface area contributed by atoms with Crippen LogP contribution >= 0.6 is 0 Å². The second kappa shape index (κ2) is 13.3. The minimum absolute atomic E-state index is 0.152. The highest BCUT2D eigenvalue weighted by atomic mass is 16.7. The lowest BCUT2D eigenvalue weighted by atomic mass is 9.80. The first kappa shape index (κ1) is 24.2. The molecule has 6 heteroatoms. The highest BCUT2D eigenvalue weighted by Gasteiger charge is 2.38. The smallest absolute Gasteiger partial charge is 0.410 e. The molecule has 0 N–H and O–H groups in total. The third-order valence-corrected chi connectivity index (χ3v) is 5.63. The van der Waals surface area contributed by atoms with Crippen LogP contribution in [0, 0.1) is 5.92 Å². The van der Waals surface area contributed by atoms with E-state index in [1.165, 1.54) is 19.3 Å². The van der Waals surface area contributed by atoms with Crippen LogP contribution in [-0.2, 0) is 20.8 Å². The van der Waals surface area contributed by atoms with Crippen molar-refractivity contribution in [2.24, 2.45) is 5.92 Å². The van der Waals surface area contributed by atoms with Gasteiger partial charge in [0.05, 0.1) is 32.4 Å². The second-order valence-corrected chi connectivity index (χ2v) is 7.59. The molecule has 0 spiro atoms. The highest BCUT2D eigenvalue weighted by Crippen LogP contribution is 2.34. The van der Waals surface area contributed by atoms with Crippen molar-refractivity contribution < 1.29 is 23.7 Å². The molecule has 0 heterocycles. The van der Waals surface area contributed by atoms with Crippen LogP contribution in [0.15, 0.2) is 36.4 Å². The Bertz CT molecular complexity index is 657. The first-order valence-corrected chi connectivity index (χ1v) is 10.9. The van der Waals surface area contributed by atoms with Crippen LogP contribution in [0.25, 0.3) is 0 Å². The molecule has 1 aliphatic rings. The van der Waals surface area contributed by atoms with Gasteiger partial charge in [0.1, 0.15) is 12.5 Å². The van der Waals surface area contributed by atoms with Crippen LogP contribution < -0.4 is 4.74 Å². The normalized spacial score (nSPS) is 16.9. The molecule has 0 aromatic heterocycles. The van der Waals surface area contributed by atoms with E-state index in [2.05, 4.69) is 0 Å². The molecule has 2 rings (SSSR count). The van der Waals surface area contributed by atoms with Crippen LogP contribution in [0.4, 0.5) is 4.79 Å². The third kappa shape index (κ3) is 6.74. The van der Waals surface area contributed by atoms with Gasteiger partial charge >= 0.3 is 6.09 Å². The summed E-state index contributed by atoms with van der Waals surface area (Å²) in [5, 5.41) is 0. The maximum Gasteiger partial charge on any atom is 0.410 e. The zero-order valence-corrected chi connectivity index (χ0v) is 18.8. The fourth-order valence-corrected chi connectivity index (χ4v) is 4.30. The molecule has 1 aromatic rings. The monoisotopic (exact) mass is 419 g/mol. The maximum atomic E-state index is 13.2. The highest BCUT2D eigenvalue weighted by molar-refractivity contribution is 5.68. The van der Waals surface area contributed by atoms with E-state index in [-0.39, 0.29) is 25.0 Å². The van der Waals surface area contributed by atoms with Crippen LogP contribution in [0.2, 0.25) is 0 Å². The van der Waals surface area contributed by atoms with Crippen molar-refractivity contribution in [3.8, 4) is 5.75 Å². The second-order valence-electron chi connectivity index (χ2n) is 7.59. The Hall–Kier alpha value is -2.05. The van der Waals surface area contributed by atoms with Gasteiger partial charge in [-0.3, -0.25) is 4.90 Å². The predicted octanol–water partition coefficient (Wildman–Crippen LogP) is 5.17. The molecule has 1 saturated carbocycles. The Labute approximate surface area is 181 Å². The molecular weight excluding hydrogens is 382 g/mol. The summed E-state index contributed by atoms with van der Waals surface area (Å²) >= 11 is 0. The van der Waals surface area contributed by atoms with Crippen LogP contribution in [0.3, 0.4) is 0 Å². The number of methoxy groups -OCH3 is 2. The summed E-state index contributed by atoms with van der Waals surface area (Å²) in [4.78, 5) is 15.0. The predicted molar refractivity (Wildman–Crippen MR) is 117 cm³/mol. The van der Waals surface area contributed by atoms with Crippen molar-refractivity contribution in [2.75, 3.05) is 27.6 Å². The van der Waals surface area contributed by atoms with E-state index in [1.807, 2.05) is 55.2 Å². The van der Waals surface area contributed by atoms with Crippen molar-refractivity contribution in [1.29, 1.82) is 0 Å². The number of amides is 1. The van der Waals surface area contributed by atoms with E-state index in [4.69, 9.17) is 18.9 Å². The fraction of sp³-hybridized carbons (Fsp3) is 0.625. The number of para-hydroxylation sites is 1. The largest absolute Gasteiger partial charge is 0.496 e. The Balaban J connectivity index is 2.44. The lowest BCUT2D eigenvalue weighted by Gasteiger charge is -2.41. The topological polar surface area (TPSA) is 57.2 Å². The van der Waals surface area contributed by atoms with E-state index < -0.39 is 0 Å². The molecule has 1 aliphatic carbocycles. The van der Waals surface area contributed by atoms with Gasteiger partial charge in [0.15, 0.2) is 0 Å². The lowest BCUT2D eigenvalue weighted by molar-refractivity contribution is -0.0925. The van der Waals surface area contributed by atoms with Crippen molar-refractivity contribution in [3.05, 3.63) is 42.0 Å². The molecule has 1 fully saturated rings. The molecule has 0 radical (unpaired) electrons. The van der Waals surface area contributed by atoms with Crippen molar-refractivity contribution >= 4 is 6.09 Å². The molecule has 0 aliphatic heterocycles. The summed E-state index contributed by atoms with van der Waals surface area (Å²) in [7, 11) is 3.26. The Morgan fingerprint density at radius 2 is 1.93 bits per heavy atom. The maximum absolute atomic E-state index is 13.2. The Morgan fingerprint density at radius 3 is 2.57 bits per heavy atom. The average Bonchev–Trinajstić information content (AvgIpc) is 2.78. The van der Waals surface area contributed by atoms with Gasteiger partial charge < -0.3 is 18.9 Å². The van der Waals surface area contributed by atoms with Gasteiger partial charge in [-0.25, -0.2) is 4.79 Å². The molecule has 0 bridgehead atoms. The molecule has 1 aromatic carbocycles. The Kier molecular flexibility index (Phi) is 10.7. The number of benzene rings is 1. The SMILES string of the molecule is C/C=C/[C@H](OCOC)[C@H](C1CCCCC1)N(Cc1ccccc1OC)C(=O)OCC. The van der Waals surface area contributed by atoms with E-state index in [1.54, 1.807) is 14.2 Å². The number of hydrogen-bond acceptors (Lipinski definition) is 5. The first-order chi connectivity index (χ1) is 14.7. The quantitative estimate of drug-likeness (QED) is 0.366. The lowest BCUT2D eigenvalue weighted by Crippen LogP contribution is -2.52. The number of ether oxygens (including phenoxy) is 4. The van der Waals surface area contributed by atoms with E-state index >= 15 is 0 Å². The Morgan fingerprint density at radius 1 is 1.20 bits per heavy atom. The number of carbonyl (C=O) groups is 1.